The number of fused-ring (bicyclic) bond motifs is 1. The van der Waals surface area contributed by atoms with Gasteiger partial charge in [-0.25, -0.2) is 0 Å². The summed E-state index contributed by atoms with van der Waals surface area (Å²) in [5.41, 5.74) is 4.60. The first-order valence-corrected chi connectivity index (χ1v) is 14.0. The van der Waals surface area contributed by atoms with E-state index in [9.17, 15) is 14.7 Å². The fraction of sp³-hybridized carbons (Fsp3) is 0.273. The van der Waals surface area contributed by atoms with Crippen LogP contribution in [0.4, 0.5) is 0 Å². The number of unbranched alkanes of at least 4 members (excludes halogenated alkanes) is 1. The van der Waals surface area contributed by atoms with E-state index >= 15 is 0 Å². The number of benzene rings is 3. The molecule has 0 saturated heterocycles. The van der Waals surface area contributed by atoms with Gasteiger partial charge in [0.15, 0.2) is 0 Å². The topological polar surface area (TPSA) is 98.0 Å². The van der Waals surface area contributed by atoms with Gasteiger partial charge in [-0.2, -0.15) is 0 Å². The second kappa shape index (κ2) is 14.4. The van der Waals surface area contributed by atoms with Gasteiger partial charge in [-0.15, -0.1) is 0 Å². The highest BCUT2D eigenvalue weighted by Crippen LogP contribution is 2.28. The van der Waals surface area contributed by atoms with Gasteiger partial charge in [-0.1, -0.05) is 54.1 Å². The molecular weight excluding hydrogens is 542 g/mol. The normalized spacial score (nSPS) is 11.3. The lowest BCUT2D eigenvalue weighted by Gasteiger charge is -2.09. The Labute approximate surface area is 244 Å². The first-order valence-electron chi connectivity index (χ1n) is 13.6. The lowest BCUT2D eigenvalue weighted by molar-refractivity contribution is -0.137. The predicted octanol–water partition coefficient (Wildman–Crippen LogP) is 7.50. The van der Waals surface area contributed by atoms with E-state index in [0.29, 0.717) is 42.5 Å². The minimum atomic E-state index is -0.910. The summed E-state index contributed by atoms with van der Waals surface area (Å²) in [6.45, 7) is 3.66. The molecule has 0 aliphatic rings. The minimum Gasteiger partial charge on any atom is -0.494 e. The third-order valence-corrected chi connectivity index (χ3v) is 6.95. The molecule has 0 aliphatic heterocycles. The average molecular weight is 576 g/mol. The van der Waals surface area contributed by atoms with Gasteiger partial charge < -0.3 is 24.3 Å². The summed E-state index contributed by atoms with van der Waals surface area (Å²) in [5.74, 6) is -0.262. The average Bonchev–Trinajstić information content (AvgIpc) is 3.28. The van der Waals surface area contributed by atoms with Crippen LogP contribution >= 0.6 is 11.6 Å². The molecule has 4 rings (SSSR count). The maximum absolute atomic E-state index is 11.5. The molecule has 0 saturated carbocycles. The number of aryl methyl sites for hydroxylation is 2. The zero-order valence-corrected chi connectivity index (χ0v) is 23.8. The van der Waals surface area contributed by atoms with E-state index < -0.39 is 11.9 Å². The zero-order valence-electron chi connectivity index (χ0n) is 23.0. The molecular formula is C33H34ClNO6. The minimum absolute atomic E-state index is 0.0605. The van der Waals surface area contributed by atoms with Gasteiger partial charge in [0.1, 0.15) is 11.5 Å². The van der Waals surface area contributed by atoms with Crippen LogP contribution in [0.15, 0.2) is 66.9 Å². The van der Waals surface area contributed by atoms with Gasteiger partial charge in [0.05, 0.1) is 24.7 Å². The molecule has 3 aromatic carbocycles. The number of carboxylic acid groups (broad SMARTS) is 2. The Kier molecular flexibility index (Phi) is 10.5. The third-order valence-electron chi connectivity index (χ3n) is 6.64. The van der Waals surface area contributed by atoms with Crippen LogP contribution < -0.4 is 9.47 Å². The molecule has 0 atom stereocenters. The summed E-state index contributed by atoms with van der Waals surface area (Å²) in [5, 5.41) is 19.9. The van der Waals surface area contributed by atoms with Gasteiger partial charge in [-0.05, 0) is 78.8 Å². The molecule has 214 valence electrons. The van der Waals surface area contributed by atoms with E-state index in [1.807, 2.05) is 90.5 Å². The highest BCUT2D eigenvalue weighted by molar-refractivity contribution is 6.32. The fourth-order valence-electron chi connectivity index (χ4n) is 4.65. The molecule has 2 N–H and O–H groups in total. The van der Waals surface area contributed by atoms with Crippen molar-refractivity contribution >= 4 is 46.6 Å². The second-order valence-electron chi connectivity index (χ2n) is 9.90. The first-order chi connectivity index (χ1) is 19.8. The van der Waals surface area contributed by atoms with Crippen LogP contribution in [0, 0.1) is 6.92 Å². The van der Waals surface area contributed by atoms with Gasteiger partial charge in [0, 0.05) is 30.1 Å². The number of carbonyl (C=O) groups is 2. The predicted molar refractivity (Wildman–Crippen MR) is 162 cm³/mol. The number of hydrogen-bond donors (Lipinski definition) is 2. The molecule has 41 heavy (non-hydrogen) atoms. The van der Waals surface area contributed by atoms with E-state index in [1.54, 1.807) is 0 Å². The Balaban J connectivity index is 1.34. The molecule has 1 aromatic heterocycles. The molecule has 0 radical (unpaired) electrons. The van der Waals surface area contributed by atoms with Crippen LogP contribution in [0.5, 0.6) is 11.5 Å². The third kappa shape index (κ3) is 8.63. The number of aliphatic carboxylic acids is 2. The number of rotatable bonds is 15. The van der Waals surface area contributed by atoms with Crippen molar-refractivity contribution in [3.8, 4) is 11.5 Å². The highest BCUT2D eigenvalue weighted by atomic mass is 35.5. The standard InChI is InChI=1S/C33H34ClNO6/c1-23-9-16-28(34)30(20-23)41-19-3-2-18-40-27-14-11-24(12-15-27)10-13-25-6-4-7-29-33(25)26(21-32(38)39)22-35(29)17-5-8-31(36)37/h4,6-7,9-16,20,22H,2-3,5,8,17-19,21H2,1H3,(H,36,37)(H,38,39)/b13-10+. The molecule has 0 amide bonds. The van der Waals surface area contributed by atoms with Crippen molar-refractivity contribution in [3.05, 3.63) is 94.1 Å². The van der Waals surface area contributed by atoms with Crippen molar-refractivity contribution in [2.75, 3.05) is 13.2 Å². The lowest BCUT2D eigenvalue weighted by atomic mass is 10.0. The van der Waals surface area contributed by atoms with E-state index in [2.05, 4.69) is 0 Å². The van der Waals surface area contributed by atoms with Crippen LogP contribution in [-0.2, 0) is 22.6 Å². The number of nitrogens with zero attached hydrogens (tertiary/aromatic N) is 1. The number of ether oxygens (including phenoxy) is 2. The summed E-state index contributed by atoms with van der Waals surface area (Å²) in [7, 11) is 0. The molecule has 4 aromatic rings. The Morgan fingerprint density at radius 2 is 1.66 bits per heavy atom. The fourth-order valence-corrected chi connectivity index (χ4v) is 4.82. The van der Waals surface area contributed by atoms with Crippen molar-refractivity contribution < 1.29 is 29.3 Å². The van der Waals surface area contributed by atoms with Crippen molar-refractivity contribution in [3.63, 3.8) is 0 Å². The van der Waals surface area contributed by atoms with Crippen LogP contribution in [0.2, 0.25) is 5.02 Å². The summed E-state index contributed by atoms with van der Waals surface area (Å²) in [6.07, 6.45) is 7.91. The molecule has 1 heterocycles. The van der Waals surface area contributed by atoms with Crippen molar-refractivity contribution in [1.82, 2.24) is 4.57 Å². The summed E-state index contributed by atoms with van der Waals surface area (Å²) < 4.78 is 13.6. The maximum Gasteiger partial charge on any atom is 0.307 e. The monoisotopic (exact) mass is 575 g/mol. The van der Waals surface area contributed by atoms with Crippen molar-refractivity contribution in [2.45, 2.75) is 45.6 Å². The Morgan fingerprint density at radius 3 is 2.39 bits per heavy atom. The molecule has 0 unspecified atom stereocenters. The van der Waals surface area contributed by atoms with Crippen LogP contribution in [0.3, 0.4) is 0 Å². The second-order valence-corrected chi connectivity index (χ2v) is 10.3. The maximum atomic E-state index is 11.5. The zero-order chi connectivity index (χ0) is 29.2. The van der Waals surface area contributed by atoms with E-state index in [4.69, 9.17) is 26.2 Å². The lowest BCUT2D eigenvalue weighted by Crippen LogP contribution is -2.03. The summed E-state index contributed by atoms with van der Waals surface area (Å²) in [6, 6.07) is 19.4. The molecule has 8 heteroatoms. The molecule has 0 spiro atoms. The highest BCUT2D eigenvalue weighted by Gasteiger charge is 2.14. The van der Waals surface area contributed by atoms with Crippen LogP contribution in [0.1, 0.15) is 47.9 Å². The van der Waals surface area contributed by atoms with Gasteiger partial charge >= 0.3 is 11.9 Å². The summed E-state index contributed by atoms with van der Waals surface area (Å²) >= 11 is 6.17. The summed E-state index contributed by atoms with van der Waals surface area (Å²) in [4.78, 5) is 22.5. The molecule has 0 aliphatic carbocycles. The van der Waals surface area contributed by atoms with E-state index in [0.717, 1.165) is 46.2 Å². The van der Waals surface area contributed by atoms with Crippen molar-refractivity contribution in [2.24, 2.45) is 0 Å². The number of halogens is 1. The largest absolute Gasteiger partial charge is 0.494 e. The van der Waals surface area contributed by atoms with Gasteiger partial charge in [0.25, 0.3) is 0 Å². The van der Waals surface area contributed by atoms with E-state index in [1.165, 1.54) is 0 Å². The van der Waals surface area contributed by atoms with E-state index in [-0.39, 0.29) is 12.8 Å². The van der Waals surface area contributed by atoms with Gasteiger partial charge in [-0.3, -0.25) is 9.59 Å². The van der Waals surface area contributed by atoms with Crippen molar-refractivity contribution in [1.29, 1.82) is 0 Å². The Morgan fingerprint density at radius 1 is 0.902 bits per heavy atom. The van der Waals surface area contributed by atoms with Gasteiger partial charge in [0.2, 0.25) is 0 Å². The van der Waals surface area contributed by atoms with Crippen LogP contribution in [-0.4, -0.2) is 39.9 Å². The number of carboxylic acids is 2. The molecule has 0 fully saturated rings. The quantitative estimate of drug-likeness (QED) is 0.112. The first kappa shape index (κ1) is 29.7. The number of hydrogen-bond acceptors (Lipinski definition) is 4. The molecule has 0 bridgehead atoms. The molecule has 7 nitrogen and oxygen atoms in total. The SMILES string of the molecule is Cc1ccc(Cl)c(OCCCCOc2ccc(/C=C/c3cccc4c3c(CC(=O)O)cn4CCCC(=O)O)cc2)c1. The Hall–Kier alpha value is -4.23. The van der Waals surface area contributed by atoms with Crippen LogP contribution in [0.25, 0.3) is 23.1 Å². The Bertz CT molecular complexity index is 1520. The number of aromatic nitrogens is 1. The smallest absolute Gasteiger partial charge is 0.307 e.